The van der Waals surface area contributed by atoms with Gasteiger partial charge < -0.3 is 11.1 Å². The maximum Gasteiger partial charge on any atom is 0.270 e. The molecule has 3 N–H and O–H groups in total. The normalized spacial score (nSPS) is 10.6. The molecule has 1 aromatic heterocycles. The zero-order valence-electron chi connectivity index (χ0n) is 12.0. The molecule has 21 heavy (non-hydrogen) atoms. The highest BCUT2D eigenvalue weighted by molar-refractivity contribution is 7.99. The maximum absolute atomic E-state index is 11.9. The lowest BCUT2D eigenvalue weighted by atomic mass is 10.2. The number of rotatable bonds is 7. The van der Waals surface area contributed by atoms with Gasteiger partial charge in [0.2, 0.25) is 0 Å². The van der Waals surface area contributed by atoms with E-state index in [-0.39, 0.29) is 5.91 Å². The minimum Gasteiger partial charge on any atom is -0.350 e. The number of aromatic nitrogens is 1. The minimum atomic E-state index is -0.112. The van der Waals surface area contributed by atoms with Crippen LogP contribution in [0.3, 0.4) is 0 Å². The van der Waals surface area contributed by atoms with E-state index in [1.807, 2.05) is 0 Å². The number of carbonyl (C=O) groups is 1. The molecule has 0 fully saturated rings. The van der Waals surface area contributed by atoms with Crippen LogP contribution in [-0.4, -0.2) is 29.7 Å². The van der Waals surface area contributed by atoms with Crippen molar-refractivity contribution in [2.24, 2.45) is 5.73 Å². The van der Waals surface area contributed by atoms with Gasteiger partial charge in [0.05, 0.1) is 5.01 Å². The van der Waals surface area contributed by atoms with Crippen LogP contribution in [0.15, 0.2) is 34.5 Å². The number of amides is 1. The Morgan fingerprint density at radius 1 is 1.38 bits per heavy atom. The van der Waals surface area contributed by atoms with Crippen LogP contribution in [0.5, 0.6) is 0 Å². The summed E-state index contributed by atoms with van der Waals surface area (Å²) in [5.41, 5.74) is 7.22. The van der Waals surface area contributed by atoms with Crippen molar-refractivity contribution >= 4 is 29.0 Å². The van der Waals surface area contributed by atoms with Crippen molar-refractivity contribution in [1.29, 1.82) is 0 Å². The molecule has 0 saturated heterocycles. The van der Waals surface area contributed by atoms with E-state index in [1.165, 1.54) is 21.8 Å². The van der Waals surface area contributed by atoms with E-state index in [9.17, 15) is 4.79 Å². The Morgan fingerprint density at radius 3 is 2.86 bits per heavy atom. The first kappa shape index (κ1) is 16.0. The van der Waals surface area contributed by atoms with Crippen molar-refractivity contribution in [3.8, 4) is 0 Å². The van der Waals surface area contributed by atoms with E-state index in [1.54, 1.807) is 17.1 Å². The summed E-state index contributed by atoms with van der Waals surface area (Å²) < 4.78 is 0. The van der Waals surface area contributed by atoms with Crippen LogP contribution in [0.2, 0.25) is 0 Å². The highest BCUT2D eigenvalue weighted by atomic mass is 32.2. The molecule has 0 radical (unpaired) electrons. The smallest absolute Gasteiger partial charge is 0.270 e. The van der Waals surface area contributed by atoms with Crippen molar-refractivity contribution in [3.05, 3.63) is 45.9 Å². The zero-order valence-corrected chi connectivity index (χ0v) is 13.6. The maximum atomic E-state index is 11.9. The Hall–Kier alpha value is -1.37. The SMILES string of the molecule is Cc1ccc(SCCNC(=O)c2csc(CCN)n2)cc1. The fraction of sp³-hybridized carbons (Fsp3) is 0.333. The van der Waals surface area contributed by atoms with Crippen LogP contribution < -0.4 is 11.1 Å². The summed E-state index contributed by atoms with van der Waals surface area (Å²) in [4.78, 5) is 17.4. The van der Waals surface area contributed by atoms with Gasteiger partial charge in [0.15, 0.2) is 0 Å². The van der Waals surface area contributed by atoms with E-state index in [4.69, 9.17) is 5.73 Å². The molecule has 0 aliphatic heterocycles. The number of carbonyl (C=O) groups excluding carboxylic acids is 1. The number of thiazole rings is 1. The fourth-order valence-electron chi connectivity index (χ4n) is 1.71. The average molecular weight is 321 g/mol. The second kappa shape index (κ2) is 8.17. The monoisotopic (exact) mass is 321 g/mol. The van der Waals surface area contributed by atoms with Gasteiger partial charge in [-0.15, -0.1) is 23.1 Å². The van der Waals surface area contributed by atoms with E-state index in [0.717, 1.165) is 17.2 Å². The number of nitrogens with two attached hydrogens (primary N) is 1. The van der Waals surface area contributed by atoms with Gasteiger partial charge in [0.1, 0.15) is 5.69 Å². The fourth-order valence-corrected chi connectivity index (χ4v) is 3.27. The van der Waals surface area contributed by atoms with Crippen molar-refractivity contribution in [3.63, 3.8) is 0 Å². The molecule has 0 atom stereocenters. The van der Waals surface area contributed by atoms with E-state index < -0.39 is 0 Å². The lowest BCUT2D eigenvalue weighted by Crippen LogP contribution is -2.26. The van der Waals surface area contributed by atoms with Crippen molar-refractivity contribution in [2.45, 2.75) is 18.2 Å². The molecule has 112 valence electrons. The number of hydrogen-bond acceptors (Lipinski definition) is 5. The molecule has 2 aromatic rings. The van der Waals surface area contributed by atoms with Crippen LogP contribution in [0, 0.1) is 6.92 Å². The summed E-state index contributed by atoms with van der Waals surface area (Å²) in [7, 11) is 0. The summed E-state index contributed by atoms with van der Waals surface area (Å²) in [5, 5.41) is 5.59. The summed E-state index contributed by atoms with van der Waals surface area (Å²) in [6.07, 6.45) is 0.723. The number of nitrogens with zero attached hydrogens (tertiary/aromatic N) is 1. The number of benzene rings is 1. The zero-order chi connectivity index (χ0) is 15.1. The van der Waals surface area contributed by atoms with E-state index in [0.29, 0.717) is 18.8 Å². The van der Waals surface area contributed by atoms with Crippen LogP contribution in [0.4, 0.5) is 0 Å². The molecule has 0 aliphatic carbocycles. The van der Waals surface area contributed by atoms with E-state index >= 15 is 0 Å². The minimum absolute atomic E-state index is 0.112. The van der Waals surface area contributed by atoms with Crippen molar-refractivity contribution in [2.75, 3.05) is 18.8 Å². The molecule has 4 nitrogen and oxygen atoms in total. The van der Waals surface area contributed by atoms with Gasteiger partial charge in [-0.25, -0.2) is 4.98 Å². The molecule has 1 amide bonds. The number of hydrogen-bond donors (Lipinski definition) is 2. The second-order valence-corrected chi connectivity index (χ2v) is 6.69. The van der Waals surface area contributed by atoms with Gasteiger partial charge in [-0.05, 0) is 25.6 Å². The van der Waals surface area contributed by atoms with E-state index in [2.05, 4.69) is 41.5 Å². The standard InChI is InChI=1S/C15H19N3OS2/c1-11-2-4-12(5-3-11)20-9-8-17-15(19)13-10-21-14(18-13)6-7-16/h2-5,10H,6-9,16H2,1H3,(H,17,19). The number of thioether (sulfide) groups is 1. The lowest BCUT2D eigenvalue weighted by Gasteiger charge is -2.04. The summed E-state index contributed by atoms with van der Waals surface area (Å²) in [6.45, 7) is 3.25. The molecule has 0 spiro atoms. The largest absolute Gasteiger partial charge is 0.350 e. The molecule has 0 aliphatic rings. The predicted molar refractivity (Wildman–Crippen MR) is 89.1 cm³/mol. The molecule has 1 heterocycles. The third-order valence-corrected chi connectivity index (χ3v) is 4.74. The summed E-state index contributed by atoms with van der Waals surface area (Å²) >= 11 is 3.21. The van der Waals surface area contributed by atoms with Crippen LogP contribution in [-0.2, 0) is 6.42 Å². The first-order valence-corrected chi connectivity index (χ1v) is 8.67. The van der Waals surface area contributed by atoms with Gasteiger partial charge >= 0.3 is 0 Å². The van der Waals surface area contributed by atoms with Crippen LogP contribution in [0.25, 0.3) is 0 Å². The van der Waals surface area contributed by atoms with Gasteiger partial charge in [0.25, 0.3) is 5.91 Å². The third-order valence-electron chi connectivity index (χ3n) is 2.82. The van der Waals surface area contributed by atoms with Crippen LogP contribution in [0.1, 0.15) is 21.1 Å². The third kappa shape index (κ3) is 5.15. The van der Waals surface area contributed by atoms with Crippen molar-refractivity contribution < 1.29 is 4.79 Å². The van der Waals surface area contributed by atoms with Gasteiger partial charge in [0, 0.05) is 29.0 Å². The van der Waals surface area contributed by atoms with Crippen molar-refractivity contribution in [1.82, 2.24) is 10.3 Å². The summed E-state index contributed by atoms with van der Waals surface area (Å²) in [6, 6.07) is 8.38. The average Bonchev–Trinajstić information content (AvgIpc) is 2.94. The molecule has 2 rings (SSSR count). The van der Waals surface area contributed by atoms with Gasteiger partial charge in [-0.1, -0.05) is 17.7 Å². The van der Waals surface area contributed by atoms with Crippen LogP contribution >= 0.6 is 23.1 Å². The first-order valence-electron chi connectivity index (χ1n) is 6.81. The predicted octanol–water partition coefficient (Wildman–Crippen LogP) is 2.47. The quantitative estimate of drug-likeness (QED) is 0.607. The highest BCUT2D eigenvalue weighted by Crippen LogP contribution is 2.17. The Bertz CT molecular complexity index is 581. The van der Waals surface area contributed by atoms with Gasteiger partial charge in [-0.2, -0.15) is 0 Å². The molecule has 0 unspecified atom stereocenters. The molecule has 1 aromatic carbocycles. The molecule has 6 heteroatoms. The molecule has 0 saturated carbocycles. The number of nitrogens with one attached hydrogen (secondary N) is 1. The Kier molecular flexibility index (Phi) is 6.22. The Morgan fingerprint density at radius 2 is 2.14 bits per heavy atom. The van der Waals surface area contributed by atoms with Gasteiger partial charge in [-0.3, -0.25) is 4.79 Å². The first-order chi connectivity index (χ1) is 10.2. The summed E-state index contributed by atoms with van der Waals surface area (Å²) in [5.74, 6) is 0.730. The molecular formula is C15H19N3OS2. The number of aryl methyl sites for hydroxylation is 1. The Labute approximate surface area is 133 Å². The molecular weight excluding hydrogens is 302 g/mol. The Balaban J connectivity index is 1.72. The highest BCUT2D eigenvalue weighted by Gasteiger charge is 2.09. The topological polar surface area (TPSA) is 68.0 Å². The lowest BCUT2D eigenvalue weighted by molar-refractivity contribution is 0.0951. The molecule has 0 bridgehead atoms. The second-order valence-electron chi connectivity index (χ2n) is 4.58.